The third kappa shape index (κ3) is 5.58. The third-order valence-corrected chi connectivity index (χ3v) is 6.90. The first-order valence-electron chi connectivity index (χ1n) is 12.7. The number of halogens is 1. The Morgan fingerprint density at radius 3 is 2.16 bits per heavy atom. The van der Waals surface area contributed by atoms with E-state index in [-0.39, 0.29) is 17.3 Å². The van der Waals surface area contributed by atoms with Crippen molar-refractivity contribution >= 4 is 5.97 Å². The summed E-state index contributed by atoms with van der Waals surface area (Å²) in [6.07, 6.45) is 1.46. The van der Waals surface area contributed by atoms with Crippen LogP contribution in [0, 0.1) is 5.92 Å². The standard InChI is InChI=1S/C31H33FN2O3/c1-21(2)13-18-28-29(19-32)34(22(3)24-9-5-4-6-10-24)31(37)33(28)20-23-14-16-25(17-15-23)26-11-7-8-12-27(26)30(35)36/h4-12,14-17,21-22H,13,18-20H2,1-3H3,(H,35,36). The second-order valence-electron chi connectivity index (χ2n) is 9.83. The quantitative estimate of drug-likeness (QED) is 0.263. The lowest BCUT2D eigenvalue weighted by Gasteiger charge is -2.15. The number of aromatic carboxylic acids is 1. The number of imidazole rings is 1. The van der Waals surface area contributed by atoms with Gasteiger partial charge in [0.05, 0.1) is 23.8 Å². The summed E-state index contributed by atoms with van der Waals surface area (Å²) in [4.78, 5) is 25.4. The van der Waals surface area contributed by atoms with E-state index in [4.69, 9.17) is 0 Å². The number of carboxylic acids is 1. The van der Waals surface area contributed by atoms with E-state index in [0.717, 1.165) is 28.8 Å². The summed E-state index contributed by atoms with van der Waals surface area (Å²) in [6, 6.07) is 23.8. The van der Waals surface area contributed by atoms with Crippen molar-refractivity contribution in [1.29, 1.82) is 0 Å². The average Bonchev–Trinajstić information content (AvgIpc) is 3.18. The number of nitrogens with zero attached hydrogens (tertiary/aromatic N) is 2. The number of rotatable bonds is 10. The molecule has 1 unspecified atom stereocenters. The van der Waals surface area contributed by atoms with Gasteiger partial charge < -0.3 is 5.11 Å². The minimum absolute atomic E-state index is 0.219. The van der Waals surface area contributed by atoms with Crippen LogP contribution in [0.15, 0.2) is 83.7 Å². The maximum Gasteiger partial charge on any atom is 0.336 e. The molecule has 0 fully saturated rings. The lowest BCUT2D eigenvalue weighted by molar-refractivity contribution is 0.0697. The highest BCUT2D eigenvalue weighted by Crippen LogP contribution is 2.26. The SMILES string of the molecule is CC(C)CCc1c(CF)n(C(C)c2ccccc2)c(=O)n1Cc1ccc(-c2ccccc2C(=O)O)cc1. The molecule has 6 heteroatoms. The Balaban J connectivity index is 1.74. The highest BCUT2D eigenvalue weighted by atomic mass is 19.1. The van der Waals surface area contributed by atoms with E-state index in [9.17, 15) is 19.1 Å². The average molecular weight is 501 g/mol. The molecule has 4 aromatic rings. The predicted octanol–water partition coefficient (Wildman–Crippen LogP) is 6.73. The maximum absolute atomic E-state index is 14.5. The third-order valence-electron chi connectivity index (χ3n) is 6.90. The molecule has 1 atom stereocenters. The van der Waals surface area contributed by atoms with Crippen LogP contribution in [0.2, 0.25) is 0 Å². The van der Waals surface area contributed by atoms with Crippen molar-refractivity contribution in [3.05, 3.63) is 117 Å². The van der Waals surface area contributed by atoms with Crippen LogP contribution >= 0.6 is 0 Å². The molecule has 1 N–H and O–H groups in total. The van der Waals surface area contributed by atoms with Gasteiger partial charge in [-0.2, -0.15) is 0 Å². The molecule has 0 saturated carbocycles. The van der Waals surface area contributed by atoms with E-state index >= 15 is 0 Å². The van der Waals surface area contributed by atoms with Crippen LogP contribution < -0.4 is 5.69 Å². The topological polar surface area (TPSA) is 64.2 Å². The molecule has 0 aliphatic heterocycles. The first-order valence-corrected chi connectivity index (χ1v) is 12.7. The van der Waals surface area contributed by atoms with Crippen molar-refractivity contribution in [2.45, 2.75) is 52.9 Å². The summed E-state index contributed by atoms with van der Waals surface area (Å²) >= 11 is 0. The minimum atomic E-state index is -0.978. The monoisotopic (exact) mass is 500 g/mol. The van der Waals surface area contributed by atoms with E-state index in [1.54, 1.807) is 27.3 Å². The Labute approximate surface area is 216 Å². The minimum Gasteiger partial charge on any atom is -0.478 e. The van der Waals surface area contributed by atoms with Gasteiger partial charge in [-0.15, -0.1) is 0 Å². The number of carbonyl (C=O) groups is 1. The highest BCUT2D eigenvalue weighted by Gasteiger charge is 2.24. The molecule has 37 heavy (non-hydrogen) atoms. The lowest BCUT2D eigenvalue weighted by Crippen LogP contribution is -2.28. The lowest BCUT2D eigenvalue weighted by atomic mass is 9.98. The van der Waals surface area contributed by atoms with Crippen LogP contribution in [0.3, 0.4) is 0 Å². The van der Waals surface area contributed by atoms with E-state index in [2.05, 4.69) is 13.8 Å². The number of carboxylic acid groups (broad SMARTS) is 1. The molecule has 0 saturated heterocycles. The number of benzene rings is 3. The van der Waals surface area contributed by atoms with Gasteiger partial charge in [-0.3, -0.25) is 9.13 Å². The second-order valence-corrected chi connectivity index (χ2v) is 9.83. The zero-order valence-corrected chi connectivity index (χ0v) is 21.5. The Kier molecular flexibility index (Phi) is 8.07. The fourth-order valence-corrected chi connectivity index (χ4v) is 4.84. The molecule has 192 valence electrons. The number of aromatic nitrogens is 2. The molecule has 5 nitrogen and oxygen atoms in total. The summed E-state index contributed by atoms with van der Waals surface area (Å²) in [5, 5.41) is 9.53. The molecule has 1 aromatic heterocycles. The fourth-order valence-electron chi connectivity index (χ4n) is 4.84. The summed E-state index contributed by atoms with van der Waals surface area (Å²) < 4.78 is 17.8. The van der Waals surface area contributed by atoms with Gasteiger partial charge in [0.15, 0.2) is 0 Å². The van der Waals surface area contributed by atoms with Crippen molar-refractivity contribution in [2.75, 3.05) is 0 Å². The maximum atomic E-state index is 14.5. The summed E-state index contributed by atoms with van der Waals surface area (Å²) in [7, 11) is 0. The number of hydrogen-bond donors (Lipinski definition) is 1. The van der Waals surface area contributed by atoms with Gasteiger partial charge in [0.1, 0.15) is 6.67 Å². The zero-order chi connectivity index (χ0) is 26.5. The van der Waals surface area contributed by atoms with E-state index in [1.807, 2.05) is 67.6 Å². The summed E-state index contributed by atoms with van der Waals surface area (Å²) in [5.41, 5.74) is 4.46. The van der Waals surface area contributed by atoms with Gasteiger partial charge in [0.25, 0.3) is 0 Å². The van der Waals surface area contributed by atoms with Crippen LogP contribution in [0.5, 0.6) is 0 Å². The van der Waals surface area contributed by atoms with Gasteiger partial charge in [0.2, 0.25) is 0 Å². The molecule has 0 radical (unpaired) electrons. The summed E-state index contributed by atoms with van der Waals surface area (Å²) in [6.45, 7) is 5.78. The molecular formula is C31H33FN2O3. The van der Waals surface area contributed by atoms with Gasteiger partial charge in [-0.1, -0.05) is 86.6 Å². The Morgan fingerprint density at radius 1 is 0.892 bits per heavy atom. The van der Waals surface area contributed by atoms with Crippen LogP contribution in [-0.4, -0.2) is 20.2 Å². The van der Waals surface area contributed by atoms with Crippen LogP contribution in [0.4, 0.5) is 4.39 Å². The van der Waals surface area contributed by atoms with Crippen molar-refractivity contribution < 1.29 is 14.3 Å². The highest BCUT2D eigenvalue weighted by molar-refractivity contribution is 5.95. The van der Waals surface area contributed by atoms with Crippen molar-refractivity contribution in [3.8, 4) is 11.1 Å². The number of alkyl halides is 1. The Bertz CT molecular complexity index is 1420. The Hall–Kier alpha value is -3.93. The van der Waals surface area contributed by atoms with Gasteiger partial charge in [0, 0.05) is 5.69 Å². The second kappa shape index (κ2) is 11.4. The van der Waals surface area contributed by atoms with Crippen molar-refractivity contribution in [3.63, 3.8) is 0 Å². The molecule has 0 bridgehead atoms. The first kappa shape index (κ1) is 26.1. The molecular weight excluding hydrogens is 467 g/mol. The molecule has 4 rings (SSSR count). The molecule has 0 aliphatic carbocycles. The van der Waals surface area contributed by atoms with Crippen molar-refractivity contribution in [1.82, 2.24) is 9.13 Å². The van der Waals surface area contributed by atoms with E-state index < -0.39 is 12.6 Å². The normalized spacial score (nSPS) is 12.1. The molecule has 1 heterocycles. The van der Waals surface area contributed by atoms with E-state index in [0.29, 0.717) is 30.1 Å². The molecule has 3 aromatic carbocycles. The van der Waals surface area contributed by atoms with Crippen LogP contribution in [-0.2, 0) is 19.6 Å². The first-order chi connectivity index (χ1) is 17.8. The largest absolute Gasteiger partial charge is 0.478 e. The molecule has 0 spiro atoms. The smallest absolute Gasteiger partial charge is 0.336 e. The van der Waals surface area contributed by atoms with Crippen LogP contribution in [0.25, 0.3) is 11.1 Å². The van der Waals surface area contributed by atoms with Crippen LogP contribution in [0.1, 0.15) is 66.1 Å². The van der Waals surface area contributed by atoms with Gasteiger partial charge >= 0.3 is 11.7 Å². The summed E-state index contributed by atoms with van der Waals surface area (Å²) in [5.74, 6) is -0.562. The molecule has 0 aliphatic rings. The van der Waals surface area contributed by atoms with Gasteiger partial charge in [-0.25, -0.2) is 14.0 Å². The van der Waals surface area contributed by atoms with Gasteiger partial charge in [-0.05, 0) is 54.0 Å². The number of hydrogen-bond acceptors (Lipinski definition) is 2. The van der Waals surface area contributed by atoms with E-state index in [1.165, 1.54) is 0 Å². The van der Waals surface area contributed by atoms with Crippen molar-refractivity contribution in [2.24, 2.45) is 5.92 Å². The zero-order valence-electron chi connectivity index (χ0n) is 21.5. The fraction of sp³-hybridized carbons (Fsp3) is 0.290. The Morgan fingerprint density at radius 2 is 1.54 bits per heavy atom. The molecule has 0 amide bonds. The predicted molar refractivity (Wildman–Crippen MR) is 145 cm³/mol.